The molecule has 7 aromatic carbocycles. The lowest BCUT2D eigenvalue weighted by atomic mass is 9.77. The number of rotatable bonds is 14. The number of aromatic amines is 1. The van der Waals surface area contributed by atoms with E-state index in [1.54, 1.807) is 130 Å². The normalized spacial score (nSPS) is 14.5. The maximum absolute atomic E-state index is 14.8. The Bertz CT molecular complexity index is 5290. The van der Waals surface area contributed by atoms with Gasteiger partial charge in [-0.05, 0) is 196 Å². The van der Waals surface area contributed by atoms with Gasteiger partial charge in [0.15, 0.2) is 5.82 Å². The summed E-state index contributed by atoms with van der Waals surface area (Å²) in [5, 5.41) is 48.0. The van der Waals surface area contributed by atoms with Crippen molar-refractivity contribution in [1.29, 1.82) is 0 Å². The van der Waals surface area contributed by atoms with Gasteiger partial charge >= 0.3 is 20.2 Å². The van der Waals surface area contributed by atoms with Crippen molar-refractivity contribution in [3.8, 4) is 45.6 Å². The first-order valence-corrected chi connectivity index (χ1v) is 37.4. The number of aryl methyl sites for hydroxylation is 3. The van der Waals surface area contributed by atoms with Crippen molar-refractivity contribution < 1.29 is 54.1 Å². The van der Waals surface area contributed by atoms with E-state index in [-0.39, 0.29) is 56.5 Å². The number of benzene rings is 7. The Kier molecular flexibility index (Phi) is 24.7. The molecule has 15 rings (SSSR count). The van der Waals surface area contributed by atoms with Crippen LogP contribution in [0.3, 0.4) is 0 Å². The van der Waals surface area contributed by atoms with Crippen LogP contribution >= 0.6 is 54.5 Å². The van der Waals surface area contributed by atoms with E-state index < -0.39 is 64.3 Å². The van der Waals surface area contributed by atoms with Crippen molar-refractivity contribution in [2.45, 2.75) is 95.8 Å². The van der Waals surface area contributed by atoms with Gasteiger partial charge in [-0.1, -0.05) is 115 Å². The molecule has 562 valence electrons. The molecule has 0 aliphatic carbocycles. The monoisotopic (exact) mass is 1740 g/mol. The first kappa shape index (κ1) is 80.1. The van der Waals surface area contributed by atoms with E-state index in [0.717, 1.165) is 11.1 Å². The number of methoxy groups -OCH3 is 1. The van der Waals surface area contributed by atoms with Crippen LogP contribution in [0.5, 0.6) is 0 Å². The number of aromatic nitrogens is 18. The zero-order valence-corrected chi connectivity index (χ0v) is 66.8. The highest BCUT2D eigenvalue weighted by Crippen LogP contribution is 2.40. The molecule has 8 heterocycles. The minimum Gasteiger partial charge on any atom is -0.465 e. The number of ether oxygens (including phenoxy) is 1. The summed E-state index contributed by atoms with van der Waals surface area (Å²) in [7, 11) is 0.650. The van der Waals surface area contributed by atoms with Crippen molar-refractivity contribution in [3.05, 3.63) is 229 Å². The number of tetrazole rings is 4. The van der Waals surface area contributed by atoms with E-state index >= 15 is 0 Å². The molecule has 0 radical (unpaired) electrons. The molecule has 2 aliphatic rings. The first-order chi connectivity index (χ1) is 51.8. The molecule has 0 atom stereocenters. The maximum Gasteiger partial charge on any atom is 0.497 e. The third-order valence-electron chi connectivity index (χ3n) is 18.0. The van der Waals surface area contributed by atoms with Crippen LogP contribution in [0.4, 0.5) is 23.4 Å². The number of carbonyl (C=O) groups is 1. The predicted molar refractivity (Wildman–Crippen MR) is 415 cm³/mol. The van der Waals surface area contributed by atoms with Gasteiger partial charge in [0.2, 0.25) is 23.3 Å². The quantitative estimate of drug-likeness (QED) is 0.0457. The molecule has 0 bridgehead atoms. The molecular formula is C72H70B2Br2F4IN19O8S. The summed E-state index contributed by atoms with van der Waals surface area (Å²) in [6, 6.07) is 49.6. The maximum atomic E-state index is 14.8. The molecule has 0 spiro atoms. The Balaban J connectivity index is 0.000000143. The number of nitrogens with zero attached hydrogens (tertiary/aromatic N) is 18. The fourth-order valence-electron chi connectivity index (χ4n) is 10.9. The number of fused-ring (bicyclic) bond motifs is 1. The number of hydrogen-bond donors (Lipinski definition) is 1. The van der Waals surface area contributed by atoms with E-state index in [2.05, 4.69) is 104 Å². The van der Waals surface area contributed by atoms with Crippen LogP contribution in [0.25, 0.3) is 56.5 Å². The van der Waals surface area contributed by atoms with E-state index in [0.29, 0.717) is 64.5 Å². The SMILES string of the molecule is COC(=O)c1cnc(N(Cc2ccccc2)Cc2ccccc2)c2c1cc(I)n2S(=O)(=O)c1ccccc1.Cn1nnc(-c2cccc(B3OC(C)(C)C(C)(C)O3)c2F)n1.Cn1nnc(-c2cccc(B3OC(C)(C)C(C)(C)O3)c2F)n1.Cn1nnc(-c2cccc(Br)c2F)n1.Fc1c(Br)cccc1-c1nn[nH]n1. The van der Waals surface area contributed by atoms with Gasteiger partial charge in [0.1, 0.15) is 28.8 Å². The Morgan fingerprint density at radius 2 is 0.927 bits per heavy atom. The smallest absolute Gasteiger partial charge is 0.465 e. The molecule has 109 heavy (non-hydrogen) atoms. The fraction of sp³-hybridized carbons (Fsp3) is 0.250. The van der Waals surface area contributed by atoms with Crippen molar-refractivity contribution >= 4 is 112 Å². The standard InChI is InChI=1S/C29H24IN3O4S.2C14H18BFN4O2.C8H6BrFN4.C7H4BrFN4/c1-37-29(34)25-18-31-28(32(19-21-11-5-2-6-12-21)20-22-13-7-3-8-14-22)27-24(25)17-26(30)33(27)38(35,36)23-15-9-4-10-16-23;2*1-13(2)14(3,4)22-15(21-13)10-8-6-7-9(11(10)16)12-17-19-20(5)18-12;1-14-12-8(11-13-14)5-3-2-4-6(9)7(5)10;8-5-3-1-2-4(6(5)9)7-10-12-13-11-7/h2-18H,19-20H2,1H3;2*6-8H,1-5H3;2-4H,1H3;1-3H,(H,10,11,12,13). The molecule has 0 saturated carbocycles. The highest BCUT2D eigenvalue weighted by molar-refractivity contribution is 14.1. The summed E-state index contributed by atoms with van der Waals surface area (Å²) in [5.41, 5.74) is 2.40. The Morgan fingerprint density at radius 1 is 0.541 bits per heavy atom. The summed E-state index contributed by atoms with van der Waals surface area (Å²) in [4.78, 5) is 23.4. The van der Waals surface area contributed by atoms with Gasteiger partial charge in [0.25, 0.3) is 10.0 Å². The lowest BCUT2D eigenvalue weighted by molar-refractivity contribution is 0.00578. The summed E-state index contributed by atoms with van der Waals surface area (Å²) in [5.74, 6) is -0.797. The van der Waals surface area contributed by atoms with Crippen LogP contribution in [0.1, 0.15) is 76.9 Å². The third kappa shape index (κ3) is 17.9. The van der Waals surface area contributed by atoms with Crippen molar-refractivity contribution in [1.82, 2.24) is 90.2 Å². The van der Waals surface area contributed by atoms with E-state index in [1.807, 2.05) is 144 Å². The van der Waals surface area contributed by atoms with Crippen molar-refractivity contribution in [3.63, 3.8) is 0 Å². The molecular weight excluding hydrogens is 1680 g/mol. The van der Waals surface area contributed by atoms with Gasteiger partial charge in [-0.25, -0.2) is 39.7 Å². The van der Waals surface area contributed by atoms with Gasteiger partial charge in [0, 0.05) is 35.6 Å². The average molecular weight is 1750 g/mol. The van der Waals surface area contributed by atoms with Gasteiger partial charge in [-0.15, -0.1) is 40.8 Å². The van der Waals surface area contributed by atoms with Crippen LogP contribution in [-0.4, -0.2) is 148 Å². The van der Waals surface area contributed by atoms with E-state index in [1.165, 1.54) is 31.7 Å². The zero-order chi connectivity index (χ0) is 78.3. The largest absolute Gasteiger partial charge is 0.497 e. The Hall–Kier alpha value is -9.89. The number of pyridine rings is 1. The third-order valence-corrected chi connectivity index (χ3v) is 22.0. The van der Waals surface area contributed by atoms with Crippen LogP contribution in [0.15, 0.2) is 190 Å². The predicted octanol–water partition coefficient (Wildman–Crippen LogP) is 12.0. The summed E-state index contributed by atoms with van der Waals surface area (Å²) < 4.78 is 116. The molecule has 6 aromatic heterocycles. The van der Waals surface area contributed by atoms with Gasteiger partial charge in [0.05, 0.1) is 96.0 Å². The van der Waals surface area contributed by atoms with E-state index in [9.17, 15) is 30.8 Å². The number of H-pyrrole nitrogens is 1. The summed E-state index contributed by atoms with van der Waals surface area (Å²) in [6.45, 7) is 16.4. The lowest BCUT2D eigenvalue weighted by Gasteiger charge is -2.32. The molecule has 2 fully saturated rings. The zero-order valence-electron chi connectivity index (χ0n) is 60.7. The molecule has 2 aliphatic heterocycles. The number of esters is 1. The summed E-state index contributed by atoms with van der Waals surface area (Å²) >= 11 is 8.15. The highest BCUT2D eigenvalue weighted by atomic mass is 127. The van der Waals surface area contributed by atoms with E-state index in [4.69, 9.17) is 23.4 Å². The number of anilines is 1. The van der Waals surface area contributed by atoms with Crippen LogP contribution in [0.2, 0.25) is 0 Å². The molecule has 27 nitrogen and oxygen atoms in total. The number of hydrogen-bond acceptors (Lipinski definition) is 22. The number of halogens is 7. The first-order valence-electron chi connectivity index (χ1n) is 33.3. The van der Waals surface area contributed by atoms with Gasteiger partial charge in [-0.3, -0.25) is 0 Å². The number of carbonyl (C=O) groups excluding carboxylic acids is 1. The molecule has 13 aromatic rings. The number of nitrogens with one attached hydrogen (secondary N) is 1. The second-order valence-electron chi connectivity index (χ2n) is 26.5. The average Bonchev–Trinajstić information content (AvgIpc) is 1.61. The van der Waals surface area contributed by atoms with Crippen molar-refractivity contribution in [2.75, 3.05) is 12.0 Å². The van der Waals surface area contributed by atoms with Crippen LogP contribution in [-0.2, 0) is 67.6 Å². The topological polar surface area (TPSA) is 304 Å². The highest BCUT2D eigenvalue weighted by Gasteiger charge is 2.54. The lowest BCUT2D eigenvalue weighted by Crippen LogP contribution is -2.41. The Labute approximate surface area is 655 Å². The summed E-state index contributed by atoms with van der Waals surface area (Å²) in [6.07, 6.45) is 1.46. The van der Waals surface area contributed by atoms with Gasteiger partial charge < -0.3 is 28.3 Å². The minimum atomic E-state index is -4.01. The van der Waals surface area contributed by atoms with Crippen molar-refractivity contribution in [2.24, 2.45) is 21.1 Å². The minimum absolute atomic E-state index is 0.141. The van der Waals surface area contributed by atoms with Gasteiger partial charge in [-0.2, -0.15) is 19.6 Å². The second-order valence-corrected chi connectivity index (χ2v) is 31.1. The Morgan fingerprint density at radius 3 is 1.30 bits per heavy atom. The second kappa shape index (κ2) is 33.5. The fourth-order valence-corrected chi connectivity index (χ4v) is 14.4. The molecule has 37 heteroatoms. The molecule has 2 saturated heterocycles. The van der Waals surface area contributed by atoms with Crippen LogP contribution < -0.4 is 15.8 Å². The molecule has 0 amide bonds. The van der Waals surface area contributed by atoms with Crippen LogP contribution in [0, 0.1) is 27.0 Å². The molecule has 0 unspecified atom stereocenters. The molecule has 1 N–H and O–H groups in total.